The highest BCUT2D eigenvalue weighted by Gasteiger charge is 2.27. The summed E-state index contributed by atoms with van der Waals surface area (Å²) < 4.78 is 5.73. The van der Waals surface area contributed by atoms with Crippen LogP contribution >= 0.6 is 0 Å². The second kappa shape index (κ2) is 5.33. The SMILES string of the molecule is CN(CC1CCCCO1)c1cc(=O)[nH]c(C2CC2)n1. The Morgan fingerprint density at radius 1 is 1.42 bits per heavy atom. The average molecular weight is 263 g/mol. The van der Waals surface area contributed by atoms with Crippen molar-refractivity contribution in [1.82, 2.24) is 9.97 Å². The lowest BCUT2D eigenvalue weighted by atomic mass is 10.1. The molecule has 0 radical (unpaired) electrons. The molecule has 2 aliphatic rings. The molecule has 1 aromatic heterocycles. The molecule has 1 aliphatic heterocycles. The number of aromatic nitrogens is 2. The second-order valence-electron chi connectivity index (χ2n) is 5.63. The second-order valence-corrected chi connectivity index (χ2v) is 5.63. The van der Waals surface area contributed by atoms with Crippen LogP contribution in [0.5, 0.6) is 0 Å². The Kier molecular flexibility index (Phi) is 3.55. The highest BCUT2D eigenvalue weighted by atomic mass is 16.5. The Balaban J connectivity index is 1.71. The van der Waals surface area contributed by atoms with Crippen LogP contribution in [0.2, 0.25) is 0 Å². The Hall–Kier alpha value is -1.36. The van der Waals surface area contributed by atoms with Crippen LogP contribution in [0.15, 0.2) is 10.9 Å². The van der Waals surface area contributed by atoms with E-state index in [4.69, 9.17) is 4.74 Å². The number of rotatable bonds is 4. The van der Waals surface area contributed by atoms with Gasteiger partial charge in [-0.2, -0.15) is 0 Å². The lowest BCUT2D eigenvalue weighted by molar-refractivity contribution is 0.0215. The van der Waals surface area contributed by atoms with Gasteiger partial charge in [-0.3, -0.25) is 4.79 Å². The van der Waals surface area contributed by atoms with Gasteiger partial charge in [0.15, 0.2) is 0 Å². The van der Waals surface area contributed by atoms with Crippen LogP contribution in [-0.2, 0) is 4.74 Å². The molecule has 0 bridgehead atoms. The van der Waals surface area contributed by atoms with Gasteiger partial charge in [0.2, 0.25) is 0 Å². The number of nitrogens with one attached hydrogen (secondary N) is 1. The minimum absolute atomic E-state index is 0.0525. The van der Waals surface area contributed by atoms with Gasteiger partial charge in [0.05, 0.1) is 6.10 Å². The third-order valence-electron chi connectivity index (χ3n) is 3.85. The molecule has 1 unspecified atom stereocenters. The van der Waals surface area contributed by atoms with Gasteiger partial charge in [0, 0.05) is 32.2 Å². The van der Waals surface area contributed by atoms with Gasteiger partial charge in [-0.1, -0.05) is 0 Å². The van der Waals surface area contributed by atoms with Gasteiger partial charge in [0.1, 0.15) is 11.6 Å². The van der Waals surface area contributed by atoms with E-state index < -0.39 is 0 Å². The molecule has 104 valence electrons. The fourth-order valence-electron chi connectivity index (χ4n) is 2.56. The molecular weight excluding hydrogens is 242 g/mol. The molecule has 19 heavy (non-hydrogen) atoms. The van der Waals surface area contributed by atoms with E-state index in [1.54, 1.807) is 6.07 Å². The van der Waals surface area contributed by atoms with E-state index >= 15 is 0 Å². The predicted molar refractivity (Wildman–Crippen MR) is 73.7 cm³/mol. The van der Waals surface area contributed by atoms with E-state index in [2.05, 4.69) is 9.97 Å². The van der Waals surface area contributed by atoms with Crippen LogP contribution in [0.25, 0.3) is 0 Å². The Labute approximate surface area is 113 Å². The molecule has 0 amide bonds. The first-order chi connectivity index (χ1) is 9.22. The molecule has 0 aromatic carbocycles. The summed E-state index contributed by atoms with van der Waals surface area (Å²) in [7, 11) is 1.98. The topological polar surface area (TPSA) is 58.2 Å². The summed E-state index contributed by atoms with van der Waals surface area (Å²) >= 11 is 0. The number of H-pyrrole nitrogens is 1. The molecule has 1 saturated carbocycles. The van der Waals surface area contributed by atoms with Crippen molar-refractivity contribution in [2.45, 2.75) is 44.1 Å². The van der Waals surface area contributed by atoms with Gasteiger partial charge < -0.3 is 14.6 Å². The maximum absolute atomic E-state index is 11.7. The summed E-state index contributed by atoms with van der Waals surface area (Å²) in [6.07, 6.45) is 6.04. The molecule has 5 heteroatoms. The van der Waals surface area contributed by atoms with E-state index in [1.165, 1.54) is 6.42 Å². The number of nitrogens with zero attached hydrogens (tertiary/aromatic N) is 2. The molecular formula is C14H21N3O2. The van der Waals surface area contributed by atoms with Crippen molar-refractivity contribution in [3.05, 3.63) is 22.2 Å². The van der Waals surface area contributed by atoms with Crippen LogP contribution in [0.1, 0.15) is 43.8 Å². The van der Waals surface area contributed by atoms with Gasteiger partial charge in [0.25, 0.3) is 5.56 Å². The standard InChI is InChI=1S/C14H21N3O2/c1-17(9-11-4-2-3-7-19-11)12-8-13(18)16-14(15-12)10-5-6-10/h8,10-11H,2-7,9H2,1H3,(H,15,16,18). The lowest BCUT2D eigenvalue weighted by Gasteiger charge is -2.28. The number of hydrogen-bond donors (Lipinski definition) is 1. The summed E-state index contributed by atoms with van der Waals surface area (Å²) in [6.45, 7) is 1.66. The normalized spacial score (nSPS) is 23.3. The smallest absolute Gasteiger partial charge is 0.252 e. The molecule has 1 atom stereocenters. The highest BCUT2D eigenvalue weighted by molar-refractivity contribution is 5.37. The third-order valence-corrected chi connectivity index (χ3v) is 3.85. The van der Waals surface area contributed by atoms with E-state index in [0.717, 1.165) is 50.5 Å². The molecule has 1 saturated heterocycles. The van der Waals surface area contributed by atoms with Crippen LogP contribution in [-0.4, -0.2) is 36.3 Å². The Morgan fingerprint density at radius 2 is 2.26 bits per heavy atom. The zero-order valence-corrected chi connectivity index (χ0v) is 11.4. The number of aromatic amines is 1. The van der Waals surface area contributed by atoms with E-state index in [-0.39, 0.29) is 11.7 Å². The monoisotopic (exact) mass is 263 g/mol. The quantitative estimate of drug-likeness (QED) is 0.897. The van der Waals surface area contributed by atoms with E-state index in [0.29, 0.717) is 5.92 Å². The number of hydrogen-bond acceptors (Lipinski definition) is 4. The summed E-state index contributed by atoms with van der Waals surface area (Å²) in [5, 5.41) is 0. The largest absolute Gasteiger partial charge is 0.376 e. The highest BCUT2D eigenvalue weighted by Crippen LogP contribution is 2.37. The molecule has 5 nitrogen and oxygen atoms in total. The molecule has 1 aromatic rings. The molecule has 3 rings (SSSR count). The van der Waals surface area contributed by atoms with Crippen molar-refractivity contribution in [2.24, 2.45) is 0 Å². The fraction of sp³-hybridized carbons (Fsp3) is 0.714. The van der Waals surface area contributed by atoms with E-state index in [1.807, 2.05) is 11.9 Å². The zero-order valence-electron chi connectivity index (χ0n) is 11.4. The van der Waals surface area contributed by atoms with E-state index in [9.17, 15) is 4.79 Å². The van der Waals surface area contributed by atoms with Crippen LogP contribution in [0, 0.1) is 0 Å². The Morgan fingerprint density at radius 3 is 2.95 bits per heavy atom. The molecule has 0 spiro atoms. The van der Waals surface area contributed by atoms with Crippen molar-refractivity contribution in [1.29, 1.82) is 0 Å². The van der Waals surface area contributed by atoms with Gasteiger partial charge in [-0.25, -0.2) is 4.98 Å². The average Bonchev–Trinajstić information content (AvgIpc) is 3.23. The zero-order chi connectivity index (χ0) is 13.2. The summed E-state index contributed by atoms with van der Waals surface area (Å²) in [6, 6.07) is 1.58. The van der Waals surface area contributed by atoms with Crippen molar-refractivity contribution in [3.8, 4) is 0 Å². The number of likely N-dealkylation sites (N-methyl/N-ethyl adjacent to an activating group) is 1. The first kappa shape index (κ1) is 12.7. The first-order valence-electron chi connectivity index (χ1n) is 7.16. The fourth-order valence-corrected chi connectivity index (χ4v) is 2.56. The van der Waals surface area contributed by atoms with Crippen molar-refractivity contribution < 1.29 is 4.74 Å². The van der Waals surface area contributed by atoms with Gasteiger partial charge >= 0.3 is 0 Å². The summed E-state index contributed by atoms with van der Waals surface area (Å²) in [4.78, 5) is 21.1. The maximum Gasteiger partial charge on any atom is 0.252 e. The molecule has 2 fully saturated rings. The number of ether oxygens (including phenoxy) is 1. The third kappa shape index (κ3) is 3.15. The minimum atomic E-state index is -0.0525. The lowest BCUT2D eigenvalue weighted by Crippen LogP contribution is -2.34. The Bertz CT molecular complexity index is 490. The van der Waals surface area contributed by atoms with Crippen molar-refractivity contribution >= 4 is 5.82 Å². The van der Waals surface area contributed by atoms with Gasteiger partial charge in [-0.15, -0.1) is 0 Å². The molecule has 1 aliphatic carbocycles. The van der Waals surface area contributed by atoms with Crippen LogP contribution in [0.3, 0.4) is 0 Å². The maximum atomic E-state index is 11.7. The van der Waals surface area contributed by atoms with Gasteiger partial charge in [-0.05, 0) is 32.1 Å². The van der Waals surface area contributed by atoms with Crippen LogP contribution < -0.4 is 10.5 Å². The summed E-state index contributed by atoms with van der Waals surface area (Å²) in [5.41, 5.74) is -0.0525. The summed E-state index contributed by atoms with van der Waals surface area (Å²) in [5.74, 6) is 2.07. The predicted octanol–water partition coefficient (Wildman–Crippen LogP) is 1.65. The molecule has 1 N–H and O–H groups in total. The van der Waals surface area contributed by atoms with Crippen molar-refractivity contribution in [3.63, 3.8) is 0 Å². The van der Waals surface area contributed by atoms with Crippen molar-refractivity contribution in [2.75, 3.05) is 25.1 Å². The number of anilines is 1. The van der Waals surface area contributed by atoms with Crippen LogP contribution in [0.4, 0.5) is 5.82 Å². The first-order valence-corrected chi connectivity index (χ1v) is 7.16. The molecule has 2 heterocycles. The minimum Gasteiger partial charge on any atom is -0.376 e.